The van der Waals surface area contributed by atoms with Gasteiger partial charge < -0.3 is 9.80 Å². The van der Waals surface area contributed by atoms with Crippen LogP contribution in [0.5, 0.6) is 0 Å². The summed E-state index contributed by atoms with van der Waals surface area (Å²) in [6, 6.07) is 32.9. The van der Waals surface area contributed by atoms with Gasteiger partial charge in [0, 0.05) is 43.3 Å². The van der Waals surface area contributed by atoms with Gasteiger partial charge in [0.2, 0.25) is 0 Å². The van der Waals surface area contributed by atoms with Crippen molar-refractivity contribution >= 4 is 78.0 Å². The Morgan fingerprint density at radius 2 is 0.953 bits per heavy atom. The molecule has 11 rings (SSSR count). The van der Waals surface area contributed by atoms with E-state index in [4.69, 9.17) is 0 Å². The number of hydrogen-bond acceptors (Lipinski definition) is 3. The van der Waals surface area contributed by atoms with E-state index < -0.39 is 0 Å². The van der Waals surface area contributed by atoms with Crippen LogP contribution in [-0.2, 0) is 32.5 Å². The van der Waals surface area contributed by atoms with Crippen LogP contribution in [0.2, 0.25) is 0 Å². The third kappa shape index (κ3) is 6.02. The highest BCUT2D eigenvalue weighted by atomic mass is 32.1. The molecule has 0 saturated heterocycles. The number of fused-ring (bicyclic) bond motifs is 9. The number of benzene rings is 5. The Labute approximate surface area is 390 Å². The molecule has 0 fully saturated rings. The third-order valence-corrected chi connectivity index (χ3v) is 18.9. The summed E-state index contributed by atoms with van der Waals surface area (Å²) >= 11 is 2.08. The van der Waals surface area contributed by atoms with Crippen LogP contribution in [0.4, 0.5) is 34.1 Å². The van der Waals surface area contributed by atoms with E-state index in [0.717, 1.165) is 0 Å². The van der Waals surface area contributed by atoms with Gasteiger partial charge >= 0.3 is 0 Å². The Morgan fingerprint density at radius 1 is 0.484 bits per heavy atom. The first-order valence-electron chi connectivity index (χ1n) is 24.7. The normalized spacial score (nSPS) is 21.2. The first kappa shape index (κ1) is 42.4. The molecular formula is C60H71BN2S. The molecule has 0 amide bonds. The molecule has 0 bridgehead atoms. The zero-order valence-corrected chi connectivity index (χ0v) is 42.5. The summed E-state index contributed by atoms with van der Waals surface area (Å²) in [6.07, 6.45) is 7.22. The highest BCUT2D eigenvalue weighted by Gasteiger charge is 2.49. The van der Waals surface area contributed by atoms with Crippen molar-refractivity contribution in [3.05, 3.63) is 123 Å². The van der Waals surface area contributed by atoms with Crippen LogP contribution in [0.25, 0.3) is 10.1 Å². The van der Waals surface area contributed by atoms with Gasteiger partial charge in [-0.3, -0.25) is 0 Å². The van der Waals surface area contributed by atoms with E-state index in [2.05, 4.69) is 204 Å². The van der Waals surface area contributed by atoms with Crippen LogP contribution in [0, 0.1) is 6.92 Å². The van der Waals surface area contributed by atoms with Crippen LogP contribution in [-0.4, -0.2) is 6.71 Å². The van der Waals surface area contributed by atoms with E-state index in [1.807, 2.05) is 0 Å². The van der Waals surface area contributed by atoms with E-state index in [9.17, 15) is 0 Å². The molecule has 0 atom stereocenters. The van der Waals surface area contributed by atoms with Gasteiger partial charge in [0.05, 0.1) is 5.69 Å². The number of rotatable bonds is 3. The molecule has 2 aliphatic heterocycles. The van der Waals surface area contributed by atoms with Crippen LogP contribution in [0.3, 0.4) is 0 Å². The summed E-state index contributed by atoms with van der Waals surface area (Å²) in [5.74, 6) is 0.471. The van der Waals surface area contributed by atoms with Crippen molar-refractivity contribution in [2.45, 2.75) is 181 Å². The minimum atomic E-state index is 0.0818. The largest absolute Gasteiger partial charge is 0.311 e. The molecule has 0 spiro atoms. The number of nitrogens with zero attached hydrogens (tertiary/aromatic N) is 2. The van der Waals surface area contributed by atoms with Gasteiger partial charge in [-0.25, -0.2) is 0 Å². The van der Waals surface area contributed by atoms with Crippen molar-refractivity contribution in [3.63, 3.8) is 0 Å². The zero-order valence-electron chi connectivity index (χ0n) is 41.7. The molecule has 330 valence electrons. The smallest absolute Gasteiger partial charge is 0.264 e. The highest BCUT2D eigenvalue weighted by Crippen LogP contribution is 2.55. The molecule has 3 heterocycles. The quantitative estimate of drug-likeness (QED) is 0.163. The van der Waals surface area contributed by atoms with Crippen molar-refractivity contribution in [2.24, 2.45) is 0 Å². The van der Waals surface area contributed by atoms with Gasteiger partial charge in [-0.2, -0.15) is 0 Å². The van der Waals surface area contributed by atoms with Gasteiger partial charge in [-0.05, 0) is 194 Å². The van der Waals surface area contributed by atoms with Crippen LogP contribution in [0.1, 0.15) is 186 Å². The fourth-order valence-corrected chi connectivity index (χ4v) is 14.3. The van der Waals surface area contributed by atoms with Crippen molar-refractivity contribution in [3.8, 4) is 0 Å². The van der Waals surface area contributed by atoms with E-state index in [-0.39, 0.29) is 39.2 Å². The molecule has 6 aromatic rings. The molecule has 0 saturated carbocycles. The van der Waals surface area contributed by atoms with Gasteiger partial charge in [0.25, 0.3) is 6.71 Å². The molecule has 0 radical (unpaired) electrons. The second kappa shape index (κ2) is 13.4. The molecule has 2 nitrogen and oxygen atoms in total. The summed E-state index contributed by atoms with van der Waals surface area (Å²) < 4.78 is 2.91. The number of aryl methyl sites for hydroxylation is 1. The van der Waals surface area contributed by atoms with Gasteiger partial charge in [0.15, 0.2) is 0 Å². The predicted molar refractivity (Wildman–Crippen MR) is 281 cm³/mol. The van der Waals surface area contributed by atoms with Crippen molar-refractivity contribution in [1.82, 2.24) is 0 Å². The predicted octanol–water partition coefficient (Wildman–Crippen LogP) is 15.5. The Hall–Kier alpha value is -4.28. The Bertz CT molecular complexity index is 2950. The topological polar surface area (TPSA) is 6.48 Å². The van der Waals surface area contributed by atoms with Crippen molar-refractivity contribution < 1.29 is 0 Å². The first-order valence-corrected chi connectivity index (χ1v) is 25.5. The average molecular weight is 863 g/mol. The van der Waals surface area contributed by atoms with Gasteiger partial charge in [0.1, 0.15) is 0 Å². The molecule has 0 unspecified atom stereocenters. The lowest BCUT2D eigenvalue weighted by Gasteiger charge is -2.47. The second-order valence-electron chi connectivity index (χ2n) is 25.3. The van der Waals surface area contributed by atoms with Crippen LogP contribution in [0.15, 0.2) is 78.9 Å². The summed E-state index contributed by atoms with van der Waals surface area (Å²) in [4.78, 5) is 5.41. The van der Waals surface area contributed by atoms with Crippen molar-refractivity contribution in [1.29, 1.82) is 0 Å². The fraction of sp³-hybridized carbons (Fsp3) is 0.467. The summed E-state index contributed by atoms with van der Waals surface area (Å²) in [7, 11) is 0. The van der Waals surface area contributed by atoms with Gasteiger partial charge in [-0.1, -0.05) is 121 Å². The van der Waals surface area contributed by atoms with Crippen LogP contribution >= 0.6 is 11.3 Å². The lowest BCUT2D eigenvalue weighted by Crippen LogP contribution is -2.61. The number of anilines is 6. The van der Waals surface area contributed by atoms with Crippen LogP contribution < -0.4 is 25.5 Å². The molecule has 1 aromatic heterocycles. The fourth-order valence-electron chi connectivity index (χ4n) is 13.0. The van der Waals surface area contributed by atoms with Gasteiger partial charge in [-0.15, -0.1) is 11.3 Å². The second-order valence-corrected chi connectivity index (χ2v) is 26.3. The Balaban J connectivity index is 1.27. The molecule has 5 aliphatic rings. The first-order chi connectivity index (χ1) is 29.9. The maximum atomic E-state index is 2.72. The zero-order chi connectivity index (χ0) is 45.4. The third-order valence-electron chi connectivity index (χ3n) is 17.7. The molecule has 4 heteroatoms. The van der Waals surface area contributed by atoms with E-state index in [0.29, 0.717) is 5.92 Å². The molecule has 3 aliphatic carbocycles. The average Bonchev–Trinajstić information content (AvgIpc) is 3.60. The SMILES string of the molecule is Cc1cc2c3c(c1)N(c1ccc(C(C)C)cc1)c1c(sc4cc5c(cc14)C(C)(C)CCC5(C)C)B3c1cc3c(cc1N2c1ccc2c(c1)C(C)(C)CCC2(C)C)C(C)(C)CCC3(C)C. The summed E-state index contributed by atoms with van der Waals surface area (Å²) in [6.45, 7) is 36.9. The molecular weight excluding hydrogens is 792 g/mol. The maximum absolute atomic E-state index is 2.72. The summed E-state index contributed by atoms with van der Waals surface area (Å²) in [5.41, 5.74) is 23.4. The standard InChI is InChI=1S/C60H71BN2S/c1-35(2)37-16-18-38(19-17-37)63-50-29-36(3)28-49-52(50)61(54-53(63)40-31-43-46(34-51(40)64-54)60(14,15)27-24-57(43,8)9)47-32-44-45(59(12,13)26-25-58(44,10)11)33-48(47)62(49)39-20-21-41-42(30-39)56(6,7)23-22-55(41,4)5/h16-21,28-35H,22-27H2,1-15H3. The lowest BCUT2D eigenvalue weighted by atomic mass is 9.35. The Kier molecular flexibility index (Phi) is 8.89. The number of hydrogen-bond donors (Lipinski definition) is 0. The molecule has 64 heavy (non-hydrogen) atoms. The molecule has 0 N–H and O–H groups in total. The minimum Gasteiger partial charge on any atom is -0.311 e. The lowest BCUT2D eigenvalue weighted by molar-refractivity contribution is 0.332. The van der Waals surface area contributed by atoms with Crippen molar-refractivity contribution in [2.75, 3.05) is 9.80 Å². The van der Waals surface area contributed by atoms with E-state index in [1.165, 1.54) is 132 Å². The summed E-state index contributed by atoms with van der Waals surface area (Å²) in [5, 5.41) is 1.41. The van der Waals surface area contributed by atoms with E-state index >= 15 is 0 Å². The highest BCUT2D eigenvalue weighted by molar-refractivity contribution is 7.33. The monoisotopic (exact) mass is 863 g/mol. The minimum absolute atomic E-state index is 0.0818. The van der Waals surface area contributed by atoms with E-state index in [1.54, 1.807) is 11.1 Å². The Morgan fingerprint density at radius 3 is 1.52 bits per heavy atom. The maximum Gasteiger partial charge on any atom is 0.264 e. The number of thiophene rings is 1. The molecule has 5 aromatic carbocycles.